The first-order valence-corrected chi connectivity index (χ1v) is 7.83. The highest BCUT2D eigenvalue weighted by molar-refractivity contribution is 6.33. The average Bonchev–Trinajstić information content (AvgIpc) is 2.94. The number of anilines is 1. The molecule has 21 heavy (non-hydrogen) atoms. The summed E-state index contributed by atoms with van der Waals surface area (Å²) in [5.74, 6) is 1.03. The highest BCUT2D eigenvalue weighted by atomic mass is 35.5. The largest absolute Gasteiger partial charge is 0.493 e. The van der Waals surface area contributed by atoms with Crippen LogP contribution in [-0.2, 0) is 6.42 Å². The van der Waals surface area contributed by atoms with E-state index in [9.17, 15) is 0 Å². The second-order valence-electron chi connectivity index (χ2n) is 5.55. The molecule has 0 amide bonds. The first-order chi connectivity index (χ1) is 10.2. The molecule has 3 heteroatoms. The summed E-state index contributed by atoms with van der Waals surface area (Å²) < 4.78 is 5.58. The third kappa shape index (κ3) is 3.01. The van der Waals surface area contributed by atoms with E-state index in [-0.39, 0.29) is 6.04 Å². The van der Waals surface area contributed by atoms with Crippen molar-refractivity contribution in [3.8, 4) is 5.75 Å². The van der Waals surface area contributed by atoms with Crippen molar-refractivity contribution in [2.75, 3.05) is 11.9 Å². The fourth-order valence-electron chi connectivity index (χ4n) is 2.77. The fourth-order valence-corrected chi connectivity index (χ4v) is 3.06. The van der Waals surface area contributed by atoms with Gasteiger partial charge in [0.2, 0.25) is 0 Å². The highest BCUT2D eigenvalue weighted by Gasteiger charge is 2.16. The van der Waals surface area contributed by atoms with Gasteiger partial charge in [0.15, 0.2) is 0 Å². The van der Waals surface area contributed by atoms with Crippen LogP contribution in [-0.4, -0.2) is 6.61 Å². The van der Waals surface area contributed by atoms with Crippen LogP contribution in [0, 0.1) is 6.92 Å². The van der Waals surface area contributed by atoms with E-state index in [1.807, 2.05) is 13.0 Å². The Kier molecular flexibility index (Phi) is 4.07. The van der Waals surface area contributed by atoms with Gasteiger partial charge in [-0.25, -0.2) is 0 Å². The summed E-state index contributed by atoms with van der Waals surface area (Å²) in [6.45, 7) is 5.03. The van der Waals surface area contributed by atoms with Crippen molar-refractivity contribution in [2.24, 2.45) is 0 Å². The quantitative estimate of drug-likeness (QED) is 0.843. The molecular formula is C18H20ClNO. The molecule has 1 aliphatic heterocycles. The van der Waals surface area contributed by atoms with Crippen LogP contribution >= 0.6 is 11.6 Å². The summed E-state index contributed by atoms with van der Waals surface area (Å²) in [4.78, 5) is 0. The Bertz CT molecular complexity index is 654. The Morgan fingerprint density at radius 1 is 1.24 bits per heavy atom. The minimum absolute atomic E-state index is 0.260. The topological polar surface area (TPSA) is 21.3 Å². The van der Waals surface area contributed by atoms with Gasteiger partial charge in [-0.2, -0.15) is 0 Å². The maximum Gasteiger partial charge on any atom is 0.122 e. The predicted octanol–water partition coefficient (Wildman–Crippen LogP) is 5.15. The third-order valence-corrected chi connectivity index (χ3v) is 4.29. The number of ether oxygens (including phenoxy) is 1. The molecule has 1 N–H and O–H groups in total. The number of halogens is 1. The molecule has 0 spiro atoms. The SMILES string of the molecule is CCC(Nc1ccc(C)cc1Cl)c1ccc2c(c1)CCO2. The monoisotopic (exact) mass is 301 g/mol. The first-order valence-electron chi connectivity index (χ1n) is 7.45. The van der Waals surface area contributed by atoms with Gasteiger partial charge in [-0.3, -0.25) is 0 Å². The standard InChI is InChI=1S/C18H20ClNO/c1-3-16(20-17-6-4-12(2)10-15(17)19)13-5-7-18-14(11-13)8-9-21-18/h4-7,10-11,16,20H,3,8-9H2,1-2H3. The van der Waals surface area contributed by atoms with E-state index in [0.717, 1.165) is 35.9 Å². The molecule has 2 aromatic carbocycles. The molecule has 3 rings (SSSR count). The average molecular weight is 302 g/mol. The Balaban J connectivity index is 1.85. The lowest BCUT2D eigenvalue weighted by Crippen LogP contribution is -2.10. The number of benzene rings is 2. The Morgan fingerprint density at radius 3 is 2.86 bits per heavy atom. The van der Waals surface area contributed by atoms with Gasteiger partial charge in [-0.05, 0) is 54.3 Å². The van der Waals surface area contributed by atoms with Crippen LogP contribution in [0.25, 0.3) is 0 Å². The maximum absolute atomic E-state index is 6.33. The second kappa shape index (κ2) is 5.98. The van der Waals surface area contributed by atoms with Gasteiger partial charge < -0.3 is 10.1 Å². The summed E-state index contributed by atoms with van der Waals surface area (Å²) in [6, 6.07) is 12.9. The smallest absolute Gasteiger partial charge is 0.122 e. The van der Waals surface area contributed by atoms with E-state index < -0.39 is 0 Å². The van der Waals surface area contributed by atoms with E-state index in [0.29, 0.717) is 0 Å². The fraction of sp³-hybridized carbons (Fsp3) is 0.333. The molecule has 1 aliphatic rings. The van der Waals surface area contributed by atoms with Crippen molar-refractivity contribution in [3.63, 3.8) is 0 Å². The molecule has 2 nitrogen and oxygen atoms in total. The predicted molar refractivity (Wildman–Crippen MR) is 88.5 cm³/mol. The van der Waals surface area contributed by atoms with Crippen LogP contribution in [0.5, 0.6) is 5.75 Å². The van der Waals surface area contributed by atoms with E-state index in [4.69, 9.17) is 16.3 Å². The van der Waals surface area contributed by atoms with Crippen molar-refractivity contribution in [1.29, 1.82) is 0 Å². The summed E-state index contributed by atoms with van der Waals surface area (Å²) in [6.07, 6.45) is 2.01. The van der Waals surface area contributed by atoms with Gasteiger partial charge in [-0.1, -0.05) is 30.7 Å². The van der Waals surface area contributed by atoms with Gasteiger partial charge in [0.25, 0.3) is 0 Å². The summed E-state index contributed by atoms with van der Waals surface area (Å²) in [5.41, 5.74) is 4.76. The van der Waals surface area contributed by atoms with Gasteiger partial charge in [0.1, 0.15) is 5.75 Å². The molecule has 110 valence electrons. The van der Waals surface area contributed by atoms with Crippen LogP contribution in [0.2, 0.25) is 5.02 Å². The molecule has 1 heterocycles. The highest BCUT2D eigenvalue weighted by Crippen LogP contribution is 2.32. The minimum Gasteiger partial charge on any atom is -0.493 e. The number of rotatable bonds is 4. The molecule has 0 fully saturated rings. The molecule has 0 saturated heterocycles. The van der Waals surface area contributed by atoms with Gasteiger partial charge in [0, 0.05) is 6.42 Å². The lowest BCUT2D eigenvalue weighted by atomic mass is 10.0. The summed E-state index contributed by atoms with van der Waals surface area (Å²) in [7, 11) is 0. The van der Waals surface area contributed by atoms with Gasteiger partial charge in [0.05, 0.1) is 23.4 Å². The maximum atomic E-state index is 6.33. The molecule has 0 aliphatic carbocycles. The normalized spacial score (nSPS) is 14.4. The third-order valence-electron chi connectivity index (χ3n) is 3.98. The van der Waals surface area contributed by atoms with Crippen molar-refractivity contribution >= 4 is 17.3 Å². The zero-order chi connectivity index (χ0) is 14.8. The summed E-state index contributed by atoms with van der Waals surface area (Å²) in [5, 5.41) is 4.33. The van der Waals surface area contributed by atoms with Crippen LogP contribution in [0.4, 0.5) is 5.69 Å². The number of hydrogen-bond acceptors (Lipinski definition) is 2. The molecule has 0 bridgehead atoms. The van der Waals surface area contributed by atoms with Crippen molar-refractivity contribution < 1.29 is 4.74 Å². The molecule has 1 unspecified atom stereocenters. The number of nitrogens with one attached hydrogen (secondary N) is 1. The van der Waals surface area contributed by atoms with Crippen molar-refractivity contribution in [1.82, 2.24) is 0 Å². The van der Waals surface area contributed by atoms with E-state index in [1.165, 1.54) is 16.7 Å². The Morgan fingerprint density at radius 2 is 2.10 bits per heavy atom. The Hall–Kier alpha value is -1.67. The molecule has 1 atom stereocenters. The van der Waals surface area contributed by atoms with Crippen LogP contribution in [0.15, 0.2) is 36.4 Å². The molecular weight excluding hydrogens is 282 g/mol. The zero-order valence-electron chi connectivity index (χ0n) is 12.4. The first kappa shape index (κ1) is 14.3. The second-order valence-corrected chi connectivity index (χ2v) is 5.96. The van der Waals surface area contributed by atoms with Crippen LogP contribution < -0.4 is 10.1 Å². The number of hydrogen-bond donors (Lipinski definition) is 1. The zero-order valence-corrected chi connectivity index (χ0v) is 13.2. The Labute approximate surface area is 131 Å². The van der Waals surface area contributed by atoms with Crippen molar-refractivity contribution in [2.45, 2.75) is 32.7 Å². The van der Waals surface area contributed by atoms with Gasteiger partial charge >= 0.3 is 0 Å². The molecule has 0 radical (unpaired) electrons. The molecule has 0 aromatic heterocycles. The van der Waals surface area contributed by atoms with Crippen LogP contribution in [0.3, 0.4) is 0 Å². The lowest BCUT2D eigenvalue weighted by Gasteiger charge is -2.20. The van der Waals surface area contributed by atoms with Crippen molar-refractivity contribution in [3.05, 3.63) is 58.1 Å². The number of fused-ring (bicyclic) bond motifs is 1. The van der Waals surface area contributed by atoms with E-state index >= 15 is 0 Å². The van der Waals surface area contributed by atoms with Crippen LogP contribution in [0.1, 0.15) is 36.1 Å². The molecule has 0 saturated carbocycles. The number of aryl methyl sites for hydroxylation is 1. The summed E-state index contributed by atoms with van der Waals surface area (Å²) >= 11 is 6.33. The lowest BCUT2D eigenvalue weighted by molar-refractivity contribution is 0.357. The van der Waals surface area contributed by atoms with Gasteiger partial charge in [-0.15, -0.1) is 0 Å². The van der Waals surface area contributed by atoms with E-state index in [2.05, 4.69) is 42.6 Å². The minimum atomic E-state index is 0.260. The van der Waals surface area contributed by atoms with E-state index in [1.54, 1.807) is 0 Å². The molecule has 2 aromatic rings.